The first-order chi connectivity index (χ1) is 4.57. The number of aliphatic hydroxyl groups excluding tert-OH is 2. The van der Waals surface area contributed by atoms with Crippen molar-refractivity contribution in [3.8, 4) is 0 Å². The highest BCUT2D eigenvalue weighted by atomic mass is 16.3. The summed E-state index contributed by atoms with van der Waals surface area (Å²) in [7, 11) is 0. The minimum atomic E-state index is -1.29. The third-order valence-corrected chi connectivity index (χ3v) is 0.907. The molecule has 0 radical (unpaired) electrons. The molecule has 0 aromatic heterocycles. The van der Waals surface area contributed by atoms with Crippen LogP contribution in [0, 0.1) is 0 Å². The minimum absolute atomic E-state index is 0.00583. The molecule has 0 fully saturated rings. The molecule has 60 valence electrons. The van der Waals surface area contributed by atoms with Gasteiger partial charge < -0.3 is 15.5 Å². The van der Waals surface area contributed by atoms with Gasteiger partial charge in [-0.25, -0.2) is 0 Å². The van der Waals surface area contributed by atoms with Crippen LogP contribution in [-0.2, 0) is 4.79 Å². The first kappa shape index (κ1) is 9.39. The lowest BCUT2D eigenvalue weighted by Gasteiger charge is -2.10. The van der Waals surface area contributed by atoms with Gasteiger partial charge in [0, 0.05) is 6.04 Å². The Morgan fingerprint density at radius 3 is 2.40 bits per heavy atom. The predicted octanol–water partition coefficient (Wildman–Crippen LogP) is -1.14. The number of amides is 1. The molecule has 0 aliphatic carbocycles. The van der Waals surface area contributed by atoms with Crippen LogP contribution in [-0.4, -0.2) is 34.9 Å². The van der Waals surface area contributed by atoms with Crippen molar-refractivity contribution in [2.24, 2.45) is 0 Å². The lowest BCUT2D eigenvalue weighted by molar-refractivity contribution is -0.131. The maximum atomic E-state index is 10.7. The molecule has 0 aromatic carbocycles. The van der Waals surface area contributed by atoms with Crippen LogP contribution in [0.1, 0.15) is 13.8 Å². The Bertz CT molecular complexity index is 114. The second-order valence-corrected chi connectivity index (χ2v) is 2.36. The molecule has 0 rings (SSSR count). The van der Waals surface area contributed by atoms with Gasteiger partial charge in [-0.2, -0.15) is 0 Å². The number of carbonyl (C=O) groups is 1. The average molecular weight is 147 g/mol. The topological polar surface area (TPSA) is 69.6 Å². The van der Waals surface area contributed by atoms with Crippen molar-refractivity contribution < 1.29 is 15.0 Å². The molecule has 0 aliphatic rings. The summed E-state index contributed by atoms with van der Waals surface area (Å²) in [6, 6.07) is -0.00583. The van der Waals surface area contributed by atoms with Crippen LogP contribution >= 0.6 is 0 Å². The van der Waals surface area contributed by atoms with E-state index < -0.39 is 18.6 Å². The van der Waals surface area contributed by atoms with Gasteiger partial charge in [0.05, 0.1) is 6.61 Å². The van der Waals surface area contributed by atoms with Crippen LogP contribution < -0.4 is 5.32 Å². The Morgan fingerprint density at radius 2 is 2.10 bits per heavy atom. The monoisotopic (exact) mass is 147 g/mol. The predicted molar refractivity (Wildman–Crippen MR) is 36.4 cm³/mol. The third kappa shape index (κ3) is 3.42. The van der Waals surface area contributed by atoms with Gasteiger partial charge in [0.2, 0.25) is 0 Å². The van der Waals surface area contributed by atoms with Gasteiger partial charge in [0.1, 0.15) is 0 Å². The van der Waals surface area contributed by atoms with Gasteiger partial charge in [0.25, 0.3) is 5.91 Å². The Morgan fingerprint density at radius 1 is 1.60 bits per heavy atom. The SMILES string of the molecule is CC(C)NC(=O)[C@H](O)CO. The molecule has 1 atom stereocenters. The van der Waals surface area contributed by atoms with Crippen molar-refractivity contribution in [2.75, 3.05) is 6.61 Å². The van der Waals surface area contributed by atoms with Crippen molar-refractivity contribution in [2.45, 2.75) is 26.0 Å². The zero-order chi connectivity index (χ0) is 8.15. The van der Waals surface area contributed by atoms with Crippen molar-refractivity contribution in [1.29, 1.82) is 0 Å². The quantitative estimate of drug-likeness (QED) is 0.473. The Balaban J connectivity index is 3.62. The zero-order valence-electron chi connectivity index (χ0n) is 6.16. The Kier molecular flexibility index (Phi) is 3.99. The fourth-order valence-electron chi connectivity index (χ4n) is 0.464. The van der Waals surface area contributed by atoms with Crippen molar-refractivity contribution in [3.05, 3.63) is 0 Å². The molecular formula is C6H13NO3. The first-order valence-electron chi connectivity index (χ1n) is 3.17. The maximum Gasteiger partial charge on any atom is 0.251 e. The zero-order valence-corrected chi connectivity index (χ0v) is 6.16. The summed E-state index contributed by atoms with van der Waals surface area (Å²) in [5, 5.41) is 19.5. The molecule has 0 heterocycles. The molecular weight excluding hydrogens is 134 g/mol. The van der Waals surface area contributed by atoms with E-state index in [1.54, 1.807) is 13.8 Å². The lowest BCUT2D eigenvalue weighted by Crippen LogP contribution is -2.40. The first-order valence-corrected chi connectivity index (χ1v) is 3.17. The highest BCUT2D eigenvalue weighted by molar-refractivity contribution is 5.80. The lowest BCUT2D eigenvalue weighted by atomic mass is 10.3. The largest absolute Gasteiger partial charge is 0.393 e. The molecule has 0 unspecified atom stereocenters. The summed E-state index contributed by atoms with van der Waals surface area (Å²) in [6.07, 6.45) is -1.29. The summed E-state index contributed by atoms with van der Waals surface area (Å²) in [4.78, 5) is 10.7. The Labute approximate surface area is 59.9 Å². The number of hydrogen-bond acceptors (Lipinski definition) is 3. The summed E-state index contributed by atoms with van der Waals surface area (Å²) < 4.78 is 0. The minimum Gasteiger partial charge on any atom is -0.393 e. The summed E-state index contributed by atoms with van der Waals surface area (Å²) in [6.45, 7) is 3.03. The van der Waals surface area contributed by atoms with E-state index in [4.69, 9.17) is 10.2 Å². The number of rotatable bonds is 3. The van der Waals surface area contributed by atoms with Crippen LogP contribution in [0.25, 0.3) is 0 Å². The molecule has 4 heteroatoms. The van der Waals surface area contributed by atoms with Gasteiger partial charge in [-0.15, -0.1) is 0 Å². The molecule has 0 saturated heterocycles. The van der Waals surface area contributed by atoms with E-state index in [9.17, 15) is 4.79 Å². The van der Waals surface area contributed by atoms with Gasteiger partial charge >= 0.3 is 0 Å². The van der Waals surface area contributed by atoms with E-state index in [0.29, 0.717) is 0 Å². The van der Waals surface area contributed by atoms with Gasteiger partial charge in [0.15, 0.2) is 6.10 Å². The van der Waals surface area contributed by atoms with Crippen molar-refractivity contribution >= 4 is 5.91 Å². The molecule has 10 heavy (non-hydrogen) atoms. The third-order valence-electron chi connectivity index (χ3n) is 0.907. The molecule has 4 nitrogen and oxygen atoms in total. The van der Waals surface area contributed by atoms with Crippen molar-refractivity contribution in [3.63, 3.8) is 0 Å². The number of aliphatic hydroxyl groups is 2. The summed E-state index contributed by atoms with van der Waals surface area (Å²) >= 11 is 0. The van der Waals surface area contributed by atoms with E-state index in [0.717, 1.165) is 0 Å². The smallest absolute Gasteiger partial charge is 0.251 e. The van der Waals surface area contributed by atoms with Crippen LogP contribution in [0.3, 0.4) is 0 Å². The normalized spacial score (nSPS) is 13.3. The van der Waals surface area contributed by atoms with Crippen molar-refractivity contribution in [1.82, 2.24) is 5.32 Å². The molecule has 0 aromatic rings. The standard InChI is InChI=1S/C6H13NO3/c1-4(2)7-6(10)5(9)3-8/h4-5,8-9H,3H2,1-2H3,(H,7,10)/t5-/m1/s1. The Hall–Kier alpha value is -0.610. The summed E-state index contributed by atoms with van der Waals surface area (Å²) in [5.41, 5.74) is 0. The fraction of sp³-hybridized carbons (Fsp3) is 0.833. The van der Waals surface area contributed by atoms with E-state index >= 15 is 0 Å². The van der Waals surface area contributed by atoms with E-state index in [-0.39, 0.29) is 6.04 Å². The number of hydrogen-bond donors (Lipinski definition) is 3. The maximum absolute atomic E-state index is 10.7. The molecule has 3 N–H and O–H groups in total. The van der Waals surface area contributed by atoms with E-state index in [1.807, 2.05) is 0 Å². The van der Waals surface area contributed by atoms with Crippen LogP contribution in [0.15, 0.2) is 0 Å². The van der Waals surface area contributed by atoms with Crippen LogP contribution in [0.4, 0.5) is 0 Å². The molecule has 0 saturated carbocycles. The highest BCUT2D eigenvalue weighted by Crippen LogP contribution is 1.83. The molecule has 0 aliphatic heterocycles. The fourth-order valence-corrected chi connectivity index (χ4v) is 0.464. The van der Waals surface area contributed by atoms with Gasteiger partial charge in [-0.1, -0.05) is 0 Å². The highest BCUT2D eigenvalue weighted by Gasteiger charge is 2.13. The van der Waals surface area contributed by atoms with E-state index in [2.05, 4.69) is 5.32 Å². The van der Waals surface area contributed by atoms with E-state index in [1.165, 1.54) is 0 Å². The van der Waals surface area contributed by atoms with Gasteiger partial charge in [-0.05, 0) is 13.8 Å². The molecule has 1 amide bonds. The molecule has 0 spiro atoms. The average Bonchev–Trinajstić information content (AvgIpc) is 1.85. The number of carbonyl (C=O) groups excluding carboxylic acids is 1. The summed E-state index contributed by atoms with van der Waals surface area (Å²) in [5.74, 6) is -0.530. The second kappa shape index (κ2) is 4.24. The second-order valence-electron chi connectivity index (χ2n) is 2.36. The number of nitrogens with one attached hydrogen (secondary N) is 1. The van der Waals surface area contributed by atoms with Crippen LogP contribution in [0.2, 0.25) is 0 Å². The van der Waals surface area contributed by atoms with Crippen LogP contribution in [0.5, 0.6) is 0 Å². The molecule has 0 bridgehead atoms. The van der Waals surface area contributed by atoms with Gasteiger partial charge in [-0.3, -0.25) is 4.79 Å².